The summed E-state index contributed by atoms with van der Waals surface area (Å²) in [6.45, 7) is 7.00. The Morgan fingerprint density at radius 2 is 1.65 bits per heavy atom. The maximum Gasteiger partial charge on any atom is 0.312 e. The zero-order valence-corrected chi connectivity index (χ0v) is 12.7. The van der Waals surface area contributed by atoms with Crippen LogP contribution in [0.25, 0.3) is 0 Å². The fourth-order valence-electron chi connectivity index (χ4n) is 3.25. The van der Waals surface area contributed by atoms with Gasteiger partial charge in [0.2, 0.25) is 0 Å². The first-order valence-electron chi connectivity index (χ1n) is 7.72. The van der Waals surface area contributed by atoms with E-state index in [0.717, 1.165) is 19.3 Å². The summed E-state index contributed by atoms with van der Waals surface area (Å²) in [7, 11) is 0. The van der Waals surface area contributed by atoms with Crippen LogP contribution in [0.15, 0.2) is 0 Å². The van der Waals surface area contributed by atoms with Gasteiger partial charge in [0.25, 0.3) is 0 Å². The van der Waals surface area contributed by atoms with Gasteiger partial charge in [-0.25, -0.2) is 0 Å². The molecule has 114 valence electrons. The first kappa shape index (κ1) is 15.3. The van der Waals surface area contributed by atoms with Gasteiger partial charge in [0.1, 0.15) is 0 Å². The Morgan fingerprint density at radius 1 is 1.05 bits per heavy atom. The van der Waals surface area contributed by atoms with Crippen LogP contribution >= 0.6 is 0 Å². The van der Waals surface area contributed by atoms with Crippen molar-refractivity contribution in [2.24, 2.45) is 5.92 Å². The molecule has 0 aromatic carbocycles. The number of amides is 2. The molecule has 5 heteroatoms. The minimum atomic E-state index is -0.454. The van der Waals surface area contributed by atoms with Crippen LogP contribution in [0.3, 0.4) is 0 Å². The van der Waals surface area contributed by atoms with E-state index in [9.17, 15) is 9.59 Å². The summed E-state index contributed by atoms with van der Waals surface area (Å²) in [5.74, 6) is -0.405. The molecule has 2 aliphatic rings. The van der Waals surface area contributed by atoms with Crippen molar-refractivity contribution in [3.63, 3.8) is 0 Å². The van der Waals surface area contributed by atoms with E-state index in [-0.39, 0.29) is 18.2 Å². The summed E-state index contributed by atoms with van der Waals surface area (Å²) in [5.41, 5.74) is 0. The summed E-state index contributed by atoms with van der Waals surface area (Å²) in [6.07, 6.45) is 4.45. The smallest absolute Gasteiger partial charge is 0.312 e. The van der Waals surface area contributed by atoms with Crippen molar-refractivity contribution in [2.75, 3.05) is 13.1 Å². The molecule has 0 aromatic heterocycles. The van der Waals surface area contributed by atoms with E-state index in [1.807, 2.05) is 13.8 Å². The second-order valence-electron chi connectivity index (χ2n) is 6.31. The van der Waals surface area contributed by atoms with Crippen LogP contribution in [-0.2, 0) is 14.3 Å². The van der Waals surface area contributed by atoms with Crippen LogP contribution in [0.5, 0.6) is 0 Å². The summed E-state index contributed by atoms with van der Waals surface area (Å²) >= 11 is 0. The quantitative estimate of drug-likeness (QED) is 0.738. The van der Waals surface area contributed by atoms with Gasteiger partial charge in [-0.15, -0.1) is 0 Å². The highest BCUT2D eigenvalue weighted by atomic mass is 16.5. The average Bonchev–Trinajstić information content (AvgIpc) is 2.39. The lowest BCUT2D eigenvalue weighted by Gasteiger charge is -2.35. The zero-order valence-electron chi connectivity index (χ0n) is 12.7. The van der Waals surface area contributed by atoms with E-state index in [4.69, 9.17) is 4.74 Å². The average molecular weight is 282 g/mol. The van der Waals surface area contributed by atoms with Crippen LogP contribution in [0.2, 0.25) is 0 Å². The van der Waals surface area contributed by atoms with E-state index in [1.165, 1.54) is 6.42 Å². The van der Waals surface area contributed by atoms with Crippen molar-refractivity contribution in [1.29, 1.82) is 0 Å². The standard InChI is InChI=1S/C15H26N2O3/c1-10-6-4-5-7-13(10)16-14(18)15(19)17-8-11(2)20-12(3)9-17/h10-13H,4-9H2,1-3H3,(H,16,18). The van der Waals surface area contributed by atoms with Crippen LogP contribution in [0.4, 0.5) is 0 Å². The van der Waals surface area contributed by atoms with Gasteiger partial charge in [-0.05, 0) is 32.6 Å². The fourth-order valence-corrected chi connectivity index (χ4v) is 3.25. The van der Waals surface area contributed by atoms with E-state index >= 15 is 0 Å². The number of hydrogen-bond donors (Lipinski definition) is 1. The Bertz CT molecular complexity index is 362. The van der Waals surface area contributed by atoms with Crippen LogP contribution < -0.4 is 5.32 Å². The predicted octanol–water partition coefficient (Wildman–Crippen LogP) is 1.32. The van der Waals surface area contributed by atoms with Crippen molar-refractivity contribution in [2.45, 2.75) is 64.7 Å². The molecule has 0 spiro atoms. The number of nitrogens with one attached hydrogen (secondary N) is 1. The third kappa shape index (κ3) is 3.72. The number of ether oxygens (including phenoxy) is 1. The van der Waals surface area contributed by atoms with E-state index in [1.54, 1.807) is 4.90 Å². The number of rotatable bonds is 1. The maximum absolute atomic E-state index is 12.2. The summed E-state index contributed by atoms with van der Waals surface area (Å²) in [4.78, 5) is 26.0. The molecule has 0 bridgehead atoms. The lowest BCUT2D eigenvalue weighted by molar-refractivity contribution is -0.153. The number of carbonyl (C=O) groups is 2. The molecule has 5 nitrogen and oxygen atoms in total. The first-order chi connectivity index (χ1) is 9.47. The van der Waals surface area contributed by atoms with Crippen molar-refractivity contribution in [3.05, 3.63) is 0 Å². The largest absolute Gasteiger partial charge is 0.372 e. The number of hydrogen-bond acceptors (Lipinski definition) is 3. The van der Waals surface area contributed by atoms with Gasteiger partial charge >= 0.3 is 11.8 Å². The first-order valence-corrected chi connectivity index (χ1v) is 7.72. The summed E-state index contributed by atoms with van der Waals surface area (Å²) < 4.78 is 5.59. The van der Waals surface area contributed by atoms with Crippen molar-refractivity contribution in [3.8, 4) is 0 Å². The number of morpholine rings is 1. The molecule has 4 atom stereocenters. The minimum absolute atomic E-state index is 0.0101. The monoisotopic (exact) mass is 282 g/mol. The van der Waals surface area contributed by atoms with Crippen molar-refractivity contribution >= 4 is 11.8 Å². The van der Waals surface area contributed by atoms with Crippen LogP contribution in [0, 0.1) is 5.92 Å². The van der Waals surface area contributed by atoms with Crippen LogP contribution in [-0.4, -0.2) is 48.1 Å². The molecule has 1 heterocycles. The molecular formula is C15H26N2O3. The molecule has 2 amide bonds. The predicted molar refractivity (Wildman–Crippen MR) is 76.2 cm³/mol. The molecule has 1 saturated heterocycles. The third-order valence-corrected chi connectivity index (χ3v) is 4.33. The van der Waals surface area contributed by atoms with E-state index in [2.05, 4.69) is 12.2 Å². The second-order valence-corrected chi connectivity index (χ2v) is 6.31. The van der Waals surface area contributed by atoms with Gasteiger partial charge in [-0.3, -0.25) is 9.59 Å². The summed E-state index contributed by atoms with van der Waals surface area (Å²) in [5, 5.41) is 2.92. The number of nitrogens with zero attached hydrogens (tertiary/aromatic N) is 1. The lowest BCUT2D eigenvalue weighted by atomic mass is 9.86. The Hall–Kier alpha value is -1.10. The topological polar surface area (TPSA) is 58.6 Å². The molecule has 0 aromatic rings. The molecule has 0 radical (unpaired) electrons. The highest BCUT2D eigenvalue weighted by Crippen LogP contribution is 2.23. The van der Waals surface area contributed by atoms with Gasteiger partial charge < -0.3 is 15.0 Å². The molecular weight excluding hydrogens is 256 g/mol. The molecule has 4 unspecified atom stereocenters. The van der Waals surface area contributed by atoms with Crippen molar-refractivity contribution < 1.29 is 14.3 Å². The fraction of sp³-hybridized carbons (Fsp3) is 0.867. The SMILES string of the molecule is CC1CN(C(=O)C(=O)NC2CCCCC2C)CC(C)O1. The van der Waals surface area contributed by atoms with E-state index < -0.39 is 11.8 Å². The Kier molecular flexibility index (Phi) is 5.02. The van der Waals surface area contributed by atoms with E-state index in [0.29, 0.717) is 19.0 Å². The maximum atomic E-state index is 12.2. The van der Waals surface area contributed by atoms with Gasteiger partial charge in [0.05, 0.1) is 12.2 Å². The molecule has 2 fully saturated rings. The number of carbonyl (C=O) groups excluding carboxylic acids is 2. The van der Waals surface area contributed by atoms with Crippen molar-refractivity contribution in [1.82, 2.24) is 10.2 Å². The highest BCUT2D eigenvalue weighted by Gasteiger charge is 2.32. The van der Waals surface area contributed by atoms with Gasteiger partial charge in [-0.1, -0.05) is 19.8 Å². The molecule has 20 heavy (non-hydrogen) atoms. The highest BCUT2D eigenvalue weighted by molar-refractivity contribution is 6.35. The lowest BCUT2D eigenvalue weighted by Crippen LogP contribution is -2.54. The Labute approximate surface area is 121 Å². The molecule has 1 aliphatic carbocycles. The Balaban J connectivity index is 1.89. The summed E-state index contributed by atoms with van der Waals surface area (Å²) in [6, 6.07) is 0.149. The van der Waals surface area contributed by atoms with Gasteiger partial charge in [-0.2, -0.15) is 0 Å². The van der Waals surface area contributed by atoms with Gasteiger partial charge in [0.15, 0.2) is 0 Å². The second kappa shape index (κ2) is 6.57. The Morgan fingerprint density at radius 3 is 2.25 bits per heavy atom. The minimum Gasteiger partial charge on any atom is -0.372 e. The molecule has 2 rings (SSSR count). The van der Waals surface area contributed by atoms with Crippen LogP contribution in [0.1, 0.15) is 46.5 Å². The third-order valence-electron chi connectivity index (χ3n) is 4.33. The molecule has 1 N–H and O–H groups in total. The molecule has 1 aliphatic heterocycles. The molecule has 1 saturated carbocycles. The normalized spacial score (nSPS) is 34.6. The zero-order chi connectivity index (χ0) is 14.7. The van der Waals surface area contributed by atoms with Gasteiger partial charge in [0, 0.05) is 19.1 Å².